The number of hydrogen-bond acceptors (Lipinski definition) is 3. The van der Waals surface area contributed by atoms with Crippen LogP contribution in [0.3, 0.4) is 0 Å². The Labute approximate surface area is 149 Å². The van der Waals surface area contributed by atoms with Crippen molar-refractivity contribution >= 4 is 41.3 Å². The number of piperidine rings is 1. The molecule has 120 valence electrons. The van der Waals surface area contributed by atoms with Crippen LogP contribution in [0.15, 0.2) is 10.4 Å². The van der Waals surface area contributed by atoms with Crippen molar-refractivity contribution < 1.29 is 0 Å². The lowest BCUT2D eigenvalue weighted by Gasteiger charge is -2.31. The summed E-state index contributed by atoms with van der Waals surface area (Å²) >= 11 is 1.74. The van der Waals surface area contributed by atoms with E-state index < -0.39 is 0 Å². The van der Waals surface area contributed by atoms with Crippen molar-refractivity contribution in [3.05, 3.63) is 16.1 Å². The van der Waals surface area contributed by atoms with Gasteiger partial charge in [-0.1, -0.05) is 20.8 Å². The van der Waals surface area contributed by atoms with E-state index in [1.54, 1.807) is 11.3 Å². The molecule has 2 N–H and O–H groups in total. The van der Waals surface area contributed by atoms with Gasteiger partial charge >= 0.3 is 0 Å². The highest BCUT2D eigenvalue weighted by Gasteiger charge is 2.17. The zero-order valence-corrected chi connectivity index (χ0v) is 16.4. The third-order valence-corrected chi connectivity index (χ3v) is 4.88. The van der Waals surface area contributed by atoms with Crippen molar-refractivity contribution in [1.82, 2.24) is 9.88 Å². The van der Waals surface area contributed by atoms with Crippen molar-refractivity contribution in [3.8, 4) is 0 Å². The van der Waals surface area contributed by atoms with E-state index in [0.717, 1.165) is 37.7 Å². The van der Waals surface area contributed by atoms with Gasteiger partial charge in [-0.25, -0.2) is 4.98 Å². The number of nitrogens with two attached hydrogens (primary N) is 1. The molecular weight excluding hydrogens is 395 g/mol. The first kappa shape index (κ1) is 18.7. The van der Waals surface area contributed by atoms with Gasteiger partial charge in [0, 0.05) is 37.4 Å². The molecule has 1 atom stereocenters. The van der Waals surface area contributed by atoms with Crippen LogP contribution in [0.25, 0.3) is 0 Å². The largest absolute Gasteiger partial charge is 0.370 e. The molecule has 1 aromatic heterocycles. The summed E-state index contributed by atoms with van der Waals surface area (Å²) in [6.45, 7) is 9.46. The molecule has 1 saturated heterocycles. The van der Waals surface area contributed by atoms with Gasteiger partial charge in [-0.05, 0) is 18.8 Å². The lowest BCUT2D eigenvalue weighted by atomic mass is 10.0. The first-order valence-electron chi connectivity index (χ1n) is 7.55. The summed E-state index contributed by atoms with van der Waals surface area (Å²) in [5.74, 6) is 1.94. The van der Waals surface area contributed by atoms with Crippen molar-refractivity contribution in [2.75, 3.05) is 19.6 Å². The molecular formula is C15H27IN4S. The van der Waals surface area contributed by atoms with Gasteiger partial charge in [0.15, 0.2) is 5.96 Å². The van der Waals surface area contributed by atoms with Crippen LogP contribution in [-0.2, 0) is 6.42 Å². The van der Waals surface area contributed by atoms with Gasteiger partial charge < -0.3 is 10.6 Å². The summed E-state index contributed by atoms with van der Waals surface area (Å²) in [4.78, 5) is 11.4. The number of thiazole rings is 1. The summed E-state index contributed by atoms with van der Waals surface area (Å²) in [7, 11) is 0. The third kappa shape index (κ3) is 5.73. The number of guanidine groups is 1. The maximum absolute atomic E-state index is 6.09. The predicted molar refractivity (Wildman–Crippen MR) is 102 cm³/mol. The second-order valence-electron chi connectivity index (χ2n) is 6.02. The Hall–Kier alpha value is -0.370. The fraction of sp³-hybridized carbons (Fsp3) is 0.733. The number of nitrogens with zero attached hydrogens (tertiary/aromatic N) is 3. The van der Waals surface area contributed by atoms with Crippen LogP contribution in [-0.4, -0.2) is 35.5 Å². The lowest BCUT2D eigenvalue weighted by molar-refractivity contribution is 0.270. The fourth-order valence-corrected chi connectivity index (χ4v) is 3.35. The Kier molecular flexibility index (Phi) is 7.94. The SMILES string of the molecule is CC1CCCN(C(N)=NCCc2csc(C(C)C)n2)C1.I. The molecule has 2 rings (SSSR count). The van der Waals surface area contributed by atoms with Crippen molar-refractivity contribution in [2.45, 2.75) is 46.0 Å². The third-order valence-electron chi connectivity index (χ3n) is 3.69. The summed E-state index contributed by atoms with van der Waals surface area (Å²) < 4.78 is 0. The van der Waals surface area contributed by atoms with Crippen molar-refractivity contribution in [2.24, 2.45) is 16.6 Å². The molecule has 0 aliphatic carbocycles. The van der Waals surface area contributed by atoms with E-state index >= 15 is 0 Å². The summed E-state index contributed by atoms with van der Waals surface area (Å²) in [5, 5.41) is 3.35. The van der Waals surface area contributed by atoms with Gasteiger partial charge in [-0.3, -0.25) is 4.99 Å². The summed E-state index contributed by atoms with van der Waals surface area (Å²) in [5.41, 5.74) is 7.23. The van der Waals surface area contributed by atoms with Crippen molar-refractivity contribution in [1.29, 1.82) is 0 Å². The van der Waals surface area contributed by atoms with Crippen LogP contribution < -0.4 is 5.73 Å². The second-order valence-corrected chi connectivity index (χ2v) is 6.90. The van der Waals surface area contributed by atoms with E-state index in [1.165, 1.54) is 17.8 Å². The number of halogens is 1. The van der Waals surface area contributed by atoms with Crippen LogP contribution in [0.4, 0.5) is 0 Å². The average molecular weight is 422 g/mol. The molecule has 1 unspecified atom stereocenters. The first-order chi connectivity index (χ1) is 9.56. The topological polar surface area (TPSA) is 54.5 Å². The van der Waals surface area contributed by atoms with Crippen LogP contribution in [0, 0.1) is 5.92 Å². The molecule has 4 nitrogen and oxygen atoms in total. The fourth-order valence-electron chi connectivity index (χ4n) is 2.49. The minimum Gasteiger partial charge on any atom is -0.370 e. The van der Waals surface area contributed by atoms with Crippen LogP contribution in [0.2, 0.25) is 0 Å². The maximum Gasteiger partial charge on any atom is 0.191 e. The maximum atomic E-state index is 6.09. The number of aromatic nitrogens is 1. The van der Waals surface area contributed by atoms with Crippen LogP contribution in [0.1, 0.15) is 50.2 Å². The molecule has 1 fully saturated rings. The molecule has 21 heavy (non-hydrogen) atoms. The summed E-state index contributed by atoms with van der Waals surface area (Å²) in [6.07, 6.45) is 3.41. The molecule has 1 aliphatic heterocycles. The highest BCUT2D eigenvalue weighted by atomic mass is 127. The van der Waals surface area contributed by atoms with Gasteiger partial charge in [-0.2, -0.15) is 0 Å². The van der Waals surface area contributed by atoms with Crippen LogP contribution in [0.5, 0.6) is 0 Å². The van der Waals surface area contributed by atoms with Gasteiger partial charge in [0.25, 0.3) is 0 Å². The smallest absolute Gasteiger partial charge is 0.191 e. The van der Waals surface area contributed by atoms with Gasteiger partial charge in [0.2, 0.25) is 0 Å². The first-order valence-corrected chi connectivity index (χ1v) is 8.43. The van der Waals surface area contributed by atoms with E-state index in [4.69, 9.17) is 5.73 Å². The van der Waals surface area contributed by atoms with Gasteiger partial charge in [-0.15, -0.1) is 35.3 Å². The van der Waals surface area contributed by atoms with Gasteiger partial charge in [0.05, 0.1) is 10.7 Å². The highest BCUT2D eigenvalue weighted by molar-refractivity contribution is 14.0. The van der Waals surface area contributed by atoms with Crippen molar-refractivity contribution in [3.63, 3.8) is 0 Å². The lowest BCUT2D eigenvalue weighted by Crippen LogP contribution is -2.43. The Bertz CT molecular complexity index is 458. The molecule has 0 amide bonds. The molecule has 0 radical (unpaired) electrons. The average Bonchev–Trinajstić information content (AvgIpc) is 2.87. The molecule has 6 heteroatoms. The molecule has 0 saturated carbocycles. The van der Waals surface area contributed by atoms with E-state index in [1.807, 2.05) is 0 Å². The van der Waals surface area contributed by atoms with Gasteiger partial charge in [0.1, 0.15) is 0 Å². The van der Waals surface area contributed by atoms with Crippen LogP contribution >= 0.6 is 35.3 Å². The minimum absolute atomic E-state index is 0. The molecule has 0 aromatic carbocycles. The van der Waals surface area contributed by atoms with E-state index in [2.05, 4.69) is 41.0 Å². The minimum atomic E-state index is 0. The molecule has 0 bridgehead atoms. The standard InChI is InChI=1S/C15H26N4S.HI/c1-11(2)14-18-13(10-20-14)6-7-17-15(16)19-8-4-5-12(3)9-19;/h10-12H,4-9H2,1-3H3,(H2,16,17);1H. The quantitative estimate of drug-likeness (QED) is 0.459. The number of aliphatic imine (C=N–C) groups is 1. The zero-order chi connectivity index (χ0) is 14.5. The molecule has 2 heterocycles. The Morgan fingerprint density at radius 2 is 2.33 bits per heavy atom. The van der Waals surface area contributed by atoms with E-state index in [9.17, 15) is 0 Å². The second kappa shape index (κ2) is 8.92. The molecule has 1 aromatic rings. The number of hydrogen-bond donors (Lipinski definition) is 1. The molecule has 1 aliphatic rings. The number of likely N-dealkylation sites (tertiary alicyclic amines) is 1. The summed E-state index contributed by atoms with van der Waals surface area (Å²) in [6, 6.07) is 0. The predicted octanol–water partition coefficient (Wildman–Crippen LogP) is 3.47. The molecule has 0 spiro atoms. The monoisotopic (exact) mass is 422 g/mol. The van der Waals surface area contributed by atoms with E-state index in [-0.39, 0.29) is 24.0 Å². The van der Waals surface area contributed by atoms with E-state index in [0.29, 0.717) is 11.9 Å². The Balaban J connectivity index is 0.00000220. The normalized spacial score (nSPS) is 19.7. The number of rotatable bonds is 4. The Morgan fingerprint density at radius 1 is 1.57 bits per heavy atom. The zero-order valence-electron chi connectivity index (χ0n) is 13.2. The Morgan fingerprint density at radius 3 is 2.95 bits per heavy atom. The highest BCUT2D eigenvalue weighted by Crippen LogP contribution is 2.19.